The summed E-state index contributed by atoms with van der Waals surface area (Å²) >= 11 is 0. The molecule has 1 heteroatoms. The lowest BCUT2D eigenvalue weighted by molar-refractivity contribution is 0.0161. The fourth-order valence-electron chi connectivity index (χ4n) is 10.8. The average molecular weight is 374 g/mol. The first-order valence-corrected chi connectivity index (χ1v) is 14.8. The molecule has 0 aromatic rings. The van der Waals surface area contributed by atoms with Gasteiger partial charge in [0.25, 0.3) is 0 Å². The van der Waals surface area contributed by atoms with Crippen LogP contribution in [-0.4, -0.2) is 23.1 Å². The van der Waals surface area contributed by atoms with Crippen molar-refractivity contribution in [3.8, 4) is 0 Å². The van der Waals surface area contributed by atoms with Crippen LogP contribution in [0.3, 0.4) is 0 Å². The van der Waals surface area contributed by atoms with Gasteiger partial charge in [0.1, 0.15) is 0 Å². The van der Waals surface area contributed by atoms with Gasteiger partial charge in [-0.15, -0.1) is 0 Å². The van der Waals surface area contributed by atoms with Gasteiger partial charge in [-0.05, 0) is 119 Å². The summed E-state index contributed by atoms with van der Waals surface area (Å²) in [6, 6.07) is 0. The molecule has 8 saturated carbocycles. The quantitative estimate of drug-likeness (QED) is 0.441. The standard InChI is InChI=1S/C25H42P/c1-3-4-5-26(2,24-12-18-6-19(13-24)8-20(7-18)14-24)25-15-21-9-22(16-25)11-23(10-21)17-25/h18-23H,3-17H2,1-2H3/q+1. The lowest BCUT2D eigenvalue weighted by atomic mass is 9.55. The van der Waals surface area contributed by atoms with Crippen LogP contribution in [0, 0.1) is 35.5 Å². The number of rotatable bonds is 5. The first-order chi connectivity index (χ1) is 12.5. The second-order valence-electron chi connectivity index (χ2n) is 12.6. The van der Waals surface area contributed by atoms with Gasteiger partial charge in [0.2, 0.25) is 0 Å². The third-order valence-electron chi connectivity index (χ3n) is 11.1. The monoisotopic (exact) mass is 373 g/mol. The molecule has 8 aliphatic rings. The summed E-state index contributed by atoms with van der Waals surface area (Å²) in [5.74, 6) is 6.90. The van der Waals surface area contributed by atoms with Gasteiger partial charge in [0.15, 0.2) is 0 Å². The number of hydrogen-bond donors (Lipinski definition) is 0. The van der Waals surface area contributed by atoms with Crippen LogP contribution < -0.4 is 0 Å². The van der Waals surface area contributed by atoms with Crippen molar-refractivity contribution in [2.45, 2.75) is 107 Å². The van der Waals surface area contributed by atoms with Crippen LogP contribution in [0.4, 0.5) is 0 Å². The maximum Gasteiger partial charge on any atom is 0.0810 e. The first kappa shape index (κ1) is 17.3. The maximum atomic E-state index is 3.00. The Balaban J connectivity index is 1.42. The number of unbranched alkanes of at least 4 members (excludes halogenated alkanes) is 1. The third-order valence-corrected chi connectivity index (χ3v) is 17.6. The van der Waals surface area contributed by atoms with Crippen LogP contribution >= 0.6 is 7.26 Å². The fourth-order valence-corrected chi connectivity index (χ4v) is 17.7. The Morgan fingerprint density at radius 3 is 1.19 bits per heavy atom. The highest BCUT2D eigenvalue weighted by Crippen LogP contribution is 2.87. The van der Waals surface area contributed by atoms with Gasteiger partial charge in [-0.3, -0.25) is 0 Å². The minimum atomic E-state index is -0.885. The molecule has 8 fully saturated rings. The van der Waals surface area contributed by atoms with E-state index in [0.717, 1.165) is 45.8 Å². The predicted octanol–water partition coefficient (Wildman–Crippen LogP) is 7.37. The molecule has 8 rings (SSSR count). The van der Waals surface area contributed by atoms with Crippen LogP contribution in [0.25, 0.3) is 0 Å². The molecule has 0 unspecified atom stereocenters. The predicted molar refractivity (Wildman–Crippen MR) is 114 cm³/mol. The molecule has 0 atom stereocenters. The van der Waals surface area contributed by atoms with Crippen molar-refractivity contribution >= 4 is 7.26 Å². The zero-order valence-electron chi connectivity index (χ0n) is 17.5. The summed E-state index contributed by atoms with van der Waals surface area (Å²) in [6.45, 7) is 5.46. The molecule has 0 aromatic carbocycles. The smallest absolute Gasteiger partial charge is 0.0652 e. The minimum Gasteiger partial charge on any atom is -0.0652 e. The van der Waals surface area contributed by atoms with Crippen molar-refractivity contribution in [2.75, 3.05) is 12.8 Å². The summed E-state index contributed by atoms with van der Waals surface area (Å²) in [5, 5.41) is 1.73. The van der Waals surface area contributed by atoms with E-state index in [0.29, 0.717) is 0 Å². The van der Waals surface area contributed by atoms with Gasteiger partial charge in [0, 0.05) is 13.9 Å². The van der Waals surface area contributed by atoms with E-state index in [1.165, 1.54) is 6.42 Å². The maximum absolute atomic E-state index is 3.00. The average Bonchev–Trinajstić information content (AvgIpc) is 2.57. The molecule has 0 heterocycles. The summed E-state index contributed by atoms with van der Waals surface area (Å²) in [7, 11) is -0.885. The van der Waals surface area contributed by atoms with Crippen molar-refractivity contribution in [3.05, 3.63) is 0 Å². The minimum absolute atomic E-state index is 0.864. The van der Waals surface area contributed by atoms with E-state index in [9.17, 15) is 0 Å². The lowest BCUT2D eigenvalue weighted by Gasteiger charge is -2.67. The van der Waals surface area contributed by atoms with Gasteiger partial charge < -0.3 is 0 Å². The Morgan fingerprint density at radius 1 is 0.615 bits per heavy atom. The van der Waals surface area contributed by atoms with E-state index in [1.54, 1.807) is 89.6 Å². The van der Waals surface area contributed by atoms with Gasteiger partial charge in [-0.2, -0.15) is 0 Å². The lowest BCUT2D eigenvalue weighted by Crippen LogP contribution is -2.60. The highest BCUT2D eigenvalue weighted by atomic mass is 31.2. The normalized spacial score (nSPS) is 56.1. The number of hydrogen-bond acceptors (Lipinski definition) is 0. The van der Waals surface area contributed by atoms with Crippen LogP contribution in [0.15, 0.2) is 0 Å². The zero-order valence-corrected chi connectivity index (χ0v) is 18.4. The molecule has 0 spiro atoms. The van der Waals surface area contributed by atoms with Gasteiger partial charge in [-0.25, -0.2) is 0 Å². The molecule has 8 aliphatic carbocycles. The molecule has 0 nitrogen and oxygen atoms in total. The van der Waals surface area contributed by atoms with Gasteiger partial charge in [0.05, 0.1) is 16.5 Å². The summed E-state index contributed by atoms with van der Waals surface area (Å²) in [4.78, 5) is 0. The van der Waals surface area contributed by atoms with E-state index >= 15 is 0 Å². The van der Waals surface area contributed by atoms with Crippen molar-refractivity contribution in [1.29, 1.82) is 0 Å². The fraction of sp³-hybridized carbons (Fsp3) is 1.00. The van der Waals surface area contributed by atoms with Crippen LogP contribution in [0.5, 0.6) is 0 Å². The van der Waals surface area contributed by atoms with Crippen LogP contribution in [-0.2, 0) is 0 Å². The summed E-state index contributed by atoms with van der Waals surface area (Å²) < 4.78 is 0. The highest BCUT2D eigenvalue weighted by Gasteiger charge is 2.72. The topological polar surface area (TPSA) is 0 Å². The zero-order chi connectivity index (χ0) is 17.6. The molecule has 8 bridgehead atoms. The van der Waals surface area contributed by atoms with Gasteiger partial charge in [-0.1, -0.05) is 13.3 Å². The molecule has 26 heavy (non-hydrogen) atoms. The Morgan fingerprint density at radius 2 is 0.923 bits per heavy atom. The van der Waals surface area contributed by atoms with Crippen molar-refractivity contribution in [2.24, 2.45) is 35.5 Å². The van der Waals surface area contributed by atoms with E-state index in [1.807, 2.05) is 0 Å². The largest absolute Gasteiger partial charge is 0.0810 e. The second kappa shape index (κ2) is 5.74. The Hall–Kier alpha value is 0.430. The van der Waals surface area contributed by atoms with E-state index in [4.69, 9.17) is 0 Å². The molecule has 0 N–H and O–H groups in total. The summed E-state index contributed by atoms with van der Waals surface area (Å²) in [5.41, 5.74) is 0. The Labute approximate surface area is 163 Å². The molecule has 146 valence electrons. The first-order valence-electron chi connectivity index (χ1n) is 12.4. The highest BCUT2D eigenvalue weighted by molar-refractivity contribution is 7.78. The molecular weight excluding hydrogens is 331 g/mol. The van der Waals surface area contributed by atoms with E-state index in [2.05, 4.69) is 13.6 Å². The molecule has 0 aliphatic heterocycles. The van der Waals surface area contributed by atoms with Crippen LogP contribution in [0.2, 0.25) is 0 Å². The molecule has 0 amide bonds. The molecule has 0 aromatic heterocycles. The Bertz CT molecular complexity index is 460. The van der Waals surface area contributed by atoms with Crippen molar-refractivity contribution in [1.82, 2.24) is 0 Å². The molecule has 0 radical (unpaired) electrons. The Kier molecular flexibility index (Phi) is 3.82. The van der Waals surface area contributed by atoms with Crippen molar-refractivity contribution < 1.29 is 0 Å². The second-order valence-corrected chi connectivity index (χ2v) is 17.3. The summed E-state index contributed by atoms with van der Waals surface area (Å²) in [6.07, 6.45) is 24.6. The van der Waals surface area contributed by atoms with E-state index in [-0.39, 0.29) is 0 Å². The SMILES string of the molecule is CCCC[P+](C)(C12CC3CC(CC(C3)C1)C2)C12CC3CC(CC(C3)C1)C2. The van der Waals surface area contributed by atoms with Gasteiger partial charge >= 0.3 is 0 Å². The third kappa shape index (κ3) is 2.24. The van der Waals surface area contributed by atoms with Crippen LogP contribution in [0.1, 0.15) is 96.8 Å². The molecule has 0 saturated heterocycles. The molecular formula is C25H42P+. The van der Waals surface area contributed by atoms with E-state index < -0.39 is 7.26 Å². The van der Waals surface area contributed by atoms with Crippen molar-refractivity contribution in [3.63, 3.8) is 0 Å².